The quantitative estimate of drug-likeness (QED) is 0.737. The van der Waals surface area contributed by atoms with Crippen molar-refractivity contribution in [2.45, 2.75) is 26.3 Å². The fourth-order valence-corrected chi connectivity index (χ4v) is 3.42. The summed E-state index contributed by atoms with van der Waals surface area (Å²) in [5.74, 6) is 0.301. The Bertz CT molecular complexity index is 994. The molecule has 0 saturated carbocycles. The summed E-state index contributed by atoms with van der Waals surface area (Å²) >= 11 is 0. The second-order valence-corrected chi connectivity index (χ2v) is 7.02. The number of halogens is 2. The van der Waals surface area contributed by atoms with E-state index >= 15 is 0 Å². The van der Waals surface area contributed by atoms with Crippen LogP contribution in [-0.4, -0.2) is 34.1 Å². The highest BCUT2D eigenvalue weighted by Crippen LogP contribution is 2.27. The third kappa shape index (κ3) is 3.65. The molecule has 1 unspecified atom stereocenters. The van der Waals surface area contributed by atoms with Gasteiger partial charge in [0.05, 0.1) is 5.69 Å². The number of aryl methyl sites for hydroxylation is 1. The van der Waals surface area contributed by atoms with Crippen LogP contribution in [0.4, 0.5) is 20.3 Å². The van der Waals surface area contributed by atoms with E-state index in [9.17, 15) is 8.78 Å². The molecule has 5 nitrogen and oxygen atoms in total. The van der Waals surface area contributed by atoms with E-state index in [-0.39, 0.29) is 6.04 Å². The van der Waals surface area contributed by atoms with Gasteiger partial charge in [-0.25, -0.2) is 18.7 Å². The molecule has 1 aliphatic rings. The van der Waals surface area contributed by atoms with Gasteiger partial charge in [0.25, 0.3) is 0 Å². The number of nitrogens with zero attached hydrogens (tertiary/aromatic N) is 4. The SMILES string of the molecule is Cc1nc(-c2cccnc2)nc(NC2CCN(c3ccc(F)cc3F)C2)c1C. The van der Waals surface area contributed by atoms with Gasteiger partial charge in [0.15, 0.2) is 5.82 Å². The molecule has 28 heavy (non-hydrogen) atoms. The van der Waals surface area contributed by atoms with Crippen LogP contribution in [0.3, 0.4) is 0 Å². The Hall–Kier alpha value is -3.09. The van der Waals surface area contributed by atoms with Gasteiger partial charge >= 0.3 is 0 Å². The molecule has 0 amide bonds. The molecule has 1 aliphatic heterocycles. The first-order valence-electron chi connectivity index (χ1n) is 9.23. The van der Waals surface area contributed by atoms with Gasteiger partial charge in [-0.15, -0.1) is 0 Å². The van der Waals surface area contributed by atoms with E-state index in [1.165, 1.54) is 12.1 Å². The molecular weight excluding hydrogens is 360 g/mol. The molecule has 1 N–H and O–H groups in total. The minimum atomic E-state index is -0.565. The summed E-state index contributed by atoms with van der Waals surface area (Å²) in [5, 5.41) is 3.48. The molecule has 7 heteroatoms. The number of pyridine rings is 1. The zero-order chi connectivity index (χ0) is 19.7. The summed E-state index contributed by atoms with van der Waals surface area (Å²) in [4.78, 5) is 15.3. The van der Waals surface area contributed by atoms with Crippen LogP contribution in [0.5, 0.6) is 0 Å². The van der Waals surface area contributed by atoms with Gasteiger partial charge in [0, 0.05) is 54.4 Å². The predicted octanol–water partition coefficient (Wildman–Crippen LogP) is 4.12. The van der Waals surface area contributed by atoms with Crippen LogP contribution in [0, 0.1) is 25.5 Å². The van der Waals surface area contributed by atoms with Crippen LogP contribution in [0.25, 0.3) is 11.4 Å². The molecule has 1 fully saturated rings. The minimum Gasteiger partial charge on any atom is -0.367 e. The number of hydrogen-bond donors (Lipinski definition) is 1. The van der Waals surface area contributed by atoms with Crippen LogP contribution < -0.4 is 10.2 Å². The van der Waals surface area contributed by atoms with Gasteiger partial charge < -0.3 is 10.2 Å². The Labute approximate surface area is 162 Å². The lowest BCUT2D eigenvalue weighted by Gasteiger charge is -2.21. The third-order valence-corrected chi connectivity index (χ3v) is 5.09. The summed E-state index contributed by atoms with van der Waals surface area (Å²) in [6, 6.07) is 7.60. The fourth-order valence-electron chi connectivity index (χ4n) is 3.42. The van der Waals surface area contributed by atoms with Crippen molar-refractivity contribution in [3.63, 3.8) is 0 Å². The first-order chi connectivity index (χ1) is 13.5. The smallest absolute Gasteiger partial charge is 0.163 e. The van der Waals surface area contributed by atoms with Crippen molar-refractivity contribution in [1.29, 1.82) is 0 Å². The summed E-state index contributed by atoms with van der Waals surface area (Å²) in [7, 11) is 0. The average Bonchev–Trinajstić information content (AvgIpc) is 3.14. The van der Waals surface area contributed by atoms with Crippen LogP contribution in [-0.2, 0) is 0 Å². The van der Waals surface area contributed by atoms with Crippen molar-refractivity contribution >= 4 is 11.5 Å². The van der Waals surface area contributed by atoms with E-state index in [0.717, 1.165) is 35.1 Å². The number of anilines is 2. The van der Waals surface area contributed by atoms with Crippen LogP contribution in [0.1, 0.15) is 17.7 Å². The number of rotatable bonds is 4. The molecule has 1 saturated heterocycles. The van der Waals surface area contributed by atoms with Crippen LogP contribution >= 0.6 is 0 Å². The Morgan fingerprint density at radius 3 is 2.75 bits per heavy atom. The van der Waals surface area contributed by atoms with Gasteiger partial charge in [-0.1, -0.05) is 0 Å². The van der Waals surface area contributed by atoms with Gasteiger partial charge in [-0.05, 0) is 44.5 Å². The molecule has 0 radical (unpaired) electrons. The van der Waals surface area contributed by atoms with Crippen molar-refractivity contribution in [2.75, 3.05) is 23.3 Å². The van der Waals surface area contributed by atoms with Crippen LogP contribution in [0.15, 0.2) is 42.7 Å². The molecular formula is C21H21F2N5. The Balaban J connectivity index is 1.54. The summed E-state index contributed by atoms with van der Waals surface area (Å²) in [6.07, 6.45) is 4.29. The lowest BCUT2D eigenvalue weighted by atomic mass is 10.2. The fraction of sp³-hybridized carbons (Fsp3) is 0.286. The van der Waals surface area contributed by atoms with E-state index in [1.807, 2.05) is 30.9 Å². The molecule has 3 heterocycles. The number of nitrogens with one attached hydrogen (secondary N) is 1. The molecule has 4 rings (SSSR count). The van der Waals surface area contributed by atoms with Gasteiger partial charge in [0.1, 0.15) is 17.5 Å². The molecule has 0 bridgehead atoms. The lowest BCUT2D eigenvalue weighted by molar-refractivity contribution is 0.581. The van der Waals surface area contributed by atoms with Gasteiger partial charge in [-0.2, -0.15) is 0 Å². The third-order valence-electron chi connectivity index (χ3n) is 5.09. The second-order valence-electron chi connectivity index (χ2n) is 7.02. The summed E-state index contributed by atoms with van der Waals surface area (Å²) in [5.41, 5.74) is 3.17. The maximum absolute atomic E-state index is 14.1. The maximum Gasteiger partial charge on any atom is 0.163 e. The number of benzene rings is 1. The monoisotopic (exact) mass is 381 g/mol. The minimum absolute atomic E-state index is 0.110. The Morgan fingerprint density at radius 1 is 1.14 bits per heavy atom. The van der Waals surface area contributed by atoms with Crippen molar-refractivity contribution in [3.8, 4) is 11.4 Å². The van der Waals surface area contributed by atoms with Gasteiger partial charge in [-0.3, -0.25) is 4.98 Å². The van der Waals surface area contributed by atoms with Crippen LogP contribution in [0.2, 0.25) is 0 Å². The van der Waals surface area contributed by atoms with E-state index in [4.69, 9.17) is 0 Å². The standard InChI is InChI=1S/C21H21F2N5/c1-13-14(2)25-21(15-4-3-8-24-11-15)27-20(13)26-17-7-9-28(12-17)19-6-5-16(22)10-18(19)23/h3-6,8,10-11,17H,7,9,12H2,1-2H3,(H,25,26,27). The Kier molecular flexibility index (Phi) is 4.90. The van der Waals surface area contributed by atoms with Crippen molar-refractivity contribution in [1.82, 2.24) is 15.0 Å². The van der Waals surface area contributed by atoms with E-state index < -0.39 is 11.6 Å². The average molecular weight is 381 g/mol. The summed E-state index contributed by atoms with van der Waals surface area (Å²) < 4.78 is 27.3. The largest absolute Gasteiger partial charge is 0.367 e. The van der Waals surface area contributed by atoms with Crippen molar-refractivity contribution in [2.24, 2.45) is 0 Å². The molecule has 1 atom stereocenters. The molecule has 144 valence electrons. The predicted molar refractivity (Wildman–Crippen MR) is 105 cm³/mol. The highest BCUT2D eigenvalue weighted by atomic mass is 19.1. The number of hydrogen-bond acceptors (Lipinski definition) is 5. The topological polar surface area (TPSA) is 53.9 Å². The van der Waals surface area contributed by atoms with Gasteiger partial charge in [0.2, 0.25) is 0 Å². The molecule has 1 aromatic carbocycles. The maximum atomic E-state index is 14.1. The Morgan fingerprint density at radius 2 is 2.00 bits per heavy atom. The lowest BCUT2D eigenvalue weighted by Crippen LogP contribution is -2.27. The molecule has 3 aromatic rings. The zero-order valence-electron chi connectivity index (χ0n) is 15.8. The first-order valence-corrected chi connectivity index (χ1v) is 9.23. The normalized spacial score (nSPS) is 16.4. The van der Waals surface area contributed by atoms with Crippen molar-refractivity contribution < 1.29 is 8.78 Å². The second kappa shape index (κ2) is 7.50. The first kappa shape index (κ1) is 18.3. The van der Waals surface area contributed by atoms with E-state index in [2.05, 4.69) is 20.3 Å². The summed E-state index contributed by atoms with van der Waals surface area (Å²) in [6.45, 7) is 5.25. The molecule has 0 aliphatic carbocycles. The van der Waals surface area contributed by atoms with Crippen molar-refractivity contribution in [3.05, 3.63) is 65.6 Å². The zero-order valence-corrected chi connectivity index (χ0v) is 15.8. The highest BCUT2D eigenvalue weighted by Gasteiger charge is 2.25. The molecule has 2 aromatic heterocycles. The highest BCUT2D eigenvalue weighted by molar-refractivity contribution is 5.59. The molecule has 0 spiro atoms. The number of aromatic nitrogens is 3. The van der Waals surface area contributed by atoms with E-state index in [0.29, 0.717) is 24.6 Å². The van der Waals surface area contributed by atoms with E-state index in [1.54, 1.807) is 12.4 Å².